The van der Waals surface area contributed by atoms with Gasteiger partial charge in [0.05, 0.1) is 32.1 Å². The number of ether oxygens (including phenoxy) is 5. The summed E-state index contributed by atoms with van der Waals surface area (Å²) < 4.78 is 30.0. The number of aromatic nitrogens is 2. The van der Waals surface area contributed by atoms with Gasteiger partial charge in [0, 0.05) is 31.4 Å². The molecule has 0 aliphatic carbocycles. The van der Waals surface area contributed by atoms with Crippen molar-refractivity contribution in [2.24, 2.45) is 5.92 Å². The third kappa shape index (κ3) is 4.76. The third-order valence-electron chi connectivity index (χ3n) is 6.07. The fourth-order valence-electron chi connectivity index (χ4n) is 4.29. The molecule has 0 bridgehead atoms. The van der Waals surface area contributed by atoms with Gasteiger partial charge in [-0.1, -0.05) is 0 Å². The summed E-state index contributed by atoms with van der Waals surface area (Å²) in [6.07, 6.45) is 2.73. The van der Waals surface area contributed by atoms with E-state index in [1.54, 1.807) is 4.57 Å². The van der Waals surface area contributed by atoms with Crippen LogP contribution in [0.1, 0.15) is 18.4 Å². The Labute approximate surface area is 181 Å². The molecule has 0 saturated carbocycles. The summed E-state index contributed by atoms with van der Waals surface area (Å²) in [5, 5.41) is 0. The van der Waals surface area contributed by atoms with Crippen LogP contribution in [-0.2, 0) is 27.2 Å². The molecular formula is C23H28N2O6. The Morgan fingerprint density at radius 3 is 2.77 bits per heavy atom. The maximum absolute atomic E-state index is 12.6. The van der Waals surface area contributed by atoms with Crippen LogP contribution in [0.25, 0.3) is 11.3 Å². The average Bonchev–Trinajstić information content (AvgIpc) is 2.82. The first-order chi connectivity index (χ1) is 15.3. The molecule has 8 heteroatoms. The van der Waals surface area contributed by atoms with Crippen molar-refractivity contribution in [2.75, 3.05) is 46.2 Å². The molecule has 3 aliphatic rings. The van der Waals surface area contributed by atoms with Crippen molar-refractivity contribution in [3.8, 4) is 22.9 Å². The smallest absolute Gasteiger partial charge is 0.351 e. The van der Waals surface area contributed by atoms with Gasteiger partial charge in [0.2, 0.25) is 5.88 Å². The highest BCUT2D eigenvalue weighted by Crippen LogP contribution is 2.32. The Bertz CT molecular complexity index is 963. The van der Waals surface area contributed by atoms with Gasteiger partial charge in [-0.3, -0.25) is 4.57 Å². The van der Waals surface area contributed by atoms with Gasteiger partial charge < -0.3 is 23.7 Å². The van der Waals surface area contributed by atoms with Crippen molar-refractivity contribution in [3.63, 3.8) is 0 Å². The van der Waals surface area contributed by atoms with E-state index in [9.17, 15) is 4.79 Å². The zero-order valence-electron chi connectivity index (χ0n) is 17.6. The monoisotopic (exact) mass is 428 g/mol. The molecule has 3 aliphatic heterocycles. The fourth-order valence-corrected chi connectivity index (χ4v) is 4.29. The summed E-state index contributed by atoms with van der Waals surface area (Å²) >= 11 is 0. The van der Waals surface area contributed by atoms with E-state index in [0.717, 1.165) is 49.5 Å². The molecule has 1 aromatic carbocycles. The molecule has 0 radical (unpaired) electrons. The van der Waals surface area contributed by atoms with Gasteiger partial charge in [0.1, 0.15) is 18.5 Å². The van der Waals surface area contributed by atoms with Crippen LogP contribution in [0.2, 0.25) is 0 Å². The number of hydrogen-bond donors (Lipinski definition) is 0. The molecular weight excluding hydrogens is 400 g/mol. The second-order valence-corrected chi connectivity index (χ2v) is 8.23. The molecule has 8 nitrogen and oxygen atoms in total. The van der Waals surface area contributed by atoms with Crippen molar-refractivity contribution >= 4 is 0 Å². The summed E-state index contributed by atoms with van der Waals surface area (Å²) in [5.41, 5.74) is 2.73. The number of fused-ring (bicyclic) bond motifs is 3. The average molecular weight is 428 g/mol. The predicted octanol–water partition coefficient (Wildman–Crippen LogP) is 2.07. The van der Waals surface area contributed by atoms with Gasteiger partial charge in [0.25, 0.3) is 0 Å². The van der Waals surface area contributed by atoms with Gasteiger partial charge in [-0.25, -0.2) is 4.79 Å². The fraction of sp³-hybridized carbons (Fsp3) is 0.565. The minimum Gasteiger partial charge on any atom is -0.493 e. The van der Waals surface area contributed by atoms with Crippen LogP contribution in [0.3, 0.4) is 0 Å². The third-order valence-corrected chi connectivity index (χ3v) is 6.07. The first-order valence-electron chi connectivity index (χ1n) is 11.0. The van der Waals surface area contributed by atoms with Crippen LogP contribution >= 0.6 is 0 Å². The largest absolute Gasteiger partial charge is 0.493 e. The van der Waals surface area contributed by atoms with E-state index in [1.165, 1.54) is 5.56 Å². The lowest BCUT2D eigenvalue weighted by molar-refractivity contribution is -0.102. The second-order valence-electron chi connectivity index (χ2n) is 8.23. The van der Waals surface area contributed by atoms with E-state index in [-0.39, 0.29) is 11.8 Å². The number of hydrogen-bond acceptors (Lipinski definition) is 7. The van der Waals surface area contributed by atoms with Crippen LogP contribution in [0.5, 0.6) is 11.6 Å². The molecule has 0 N–H and O–H groups in total. The Hall–Kier alpha value is -2.42. The Kier molecular flexibility index (Phi) is 6.20. The van der Waals surface area contributed by atoms with Crippen LogP contribution < -0.4 is 15.2 Å². The molecule has 0 unspecified atom stereocenters. The normalized spacial score (nSPS) is 21.2. The molecule has 0 spiro atoms. The molecule has 2 aromatic rings. The minimum atomic E-state index is -0.293. The van der Waals surface area contributed by atoms with Crippen molar-refractivity contribution in [1.29, 1.82) is 0 Å². The summed E-state index contributed by atoms with van der Waals surface area (Å²) in [6.45, 7) is 4.91. The summed E-state index contributed by atoms with van der Waals surface area (Å²) in [7, 11) is 0. The highest BCUT2D eigenvalue weighted by atomic mass is 16.6. The SMILES string of the molecule is O=c1nc(OC[C@@H]2COCCO2)cc2n1CCc1cc(OCC3CCOCC3)ccc1-2. The molecule has 2 saturated heterocycles. The molecule has 31 heavy (non-hydrogen) atoms. The quantitative estimate of drug-likeness (QED) is 0.697. The lowest BCUT2D eigenvalue weighted by Gasteiger charge is -2.25. The van der Waals surface area contributed by atoms with Crippen molar-refractivity contribution in [2.45, 2.75) is 31.9 Å². The van der Waals surface area contributed by atoms with E-state index in [2.05, 4.69) is 11.1 Å². The zero-order valence-corrected chi connectivity index (χ0v) is 17.6. The second kappa shape index (κ2) is 9.38. The van der Waals surface area contributed by atoms with Crippen molar-refractivity contribution in [3.05, 3.63) is 40.3 Å². The number of nitrogens with zero attached hydrogens (tertiary/aromatic N) is 2. The van der Waals surface area contributed by atoms with Gasteiger partial charge in [-0.2, -0.15) is 4.98 Å². The standard InChI is InChI=1S/C23H28N2O6/c26-23-24-22(31-15-19-14-28-9-10-29-19)12-21-20-2-1-18(11-17(20)3-6-25(21)23)30-13-16-4-7-27-8-5-16/h1-2,11-12,16,19H,3-10,13-15H2/t19-/m0/s1. The van der Waals surface area contributed by atoms with Gasteiger partial charge >= 0.3 is 5.69 Å². The Morgan fingerprint density at radius 1 is 1.03 bits per heavy atom. The minimum absolute atomic E-state index is 0.142. The lowest BCUT2D eigenvalue weighted by atomic mass is 9.97. The Morgan fingerprint density at radius 2 is 1.94 bits per heavy atom. The number of aryl methyl sites for hydroxylation is 1. The maximum atomic E-state index is 12.6. The summed E-state index contributed by atoms with van der Waals surface area (Å²) in [6, 6.07) is 7.94. The van der Waals surface area contributed by atoms with Gasteiger partial charge in [-0.05, 0) is 48.9 Å². The van der Waals surface area contributed by atoms with Crippen LogP contribution in [-0.4, -0.2) is 61.9 Å². The van der Waals surface area contributed by atoms with E-state index in [1.807, 2.05) is 18.2 Å². The number of benzene rings is 1. The first-order valence-corrected chi connectivity index (χ1v) is 11.0. The number of rotatable bonds is 6. The van der Waals surface area contributed by atoms with Crippen LogP contribution in [0.15, 0.2) is 29.1 Å². The molecule has 166 valence electrons. The first kappa shape index (κ1) is 20.5. The zero-order chi connectivity index (χ0) is 21.0. The van der Waals surface area contributed by atoms with Gasteiger partial charge in [-0.15, -0.1) is 0 Å². The predicted molar refractivity (Wildman–Crippen MR) is 113 cm³/mol. The molecule has 1 atom stereocenters. The molecule has 1 aromatic heterocycles. The topological polar surface area (TPSA) is 81.0 Å². The summed E-state index contributed by atoms with van der Waals surface area (Å²) in [4.78, 5) is 16.7. The lowest BCUT2D eigenvalue weighted by Crippen LogP contribution is -2.34. The summed E-state index contributed by atoms with van der Waals surface area (Å²) in [5.74, 6) is 1.74. The molecule has 0 amide bonds. The van der Waals surface area contributed by atoms with Crippen molar-refractivity contribution in [1.82, 2.24) is 9.55 Å². The van der Waals surface area contributed by atoms with Crippen molar-refractivity contribution < 1.29 is 23.7 Å². The van der Waals surface area contributed by atoms with E-state index < -0.39 is 0 Å². The van der Waals surface area contributed by atoms with E-state index in [0.29, 0.717) is 51.4 Å². The van der Waals surface area contributed by atoms with Crippen LogP contribution in [0, 0.1) is 5.92 Å². The molecule has 5 rings (SSSR count). The molecule has 4 heterocycles. The maximum Gasteiger partial charge on any atom is 0.351 e. The van der Waals surface area contributed by atoms with Crippen LogP contribution in [0.4, 0.5) is 0 Å². The Balaban J connectivity index is 1.31. The highest BCUT2D eigenvalue weighted by Gasteiger charge is 2.21. The van der Waals surface area contributed by atoms with E-state index in [4.69, 9.17) is 23.7 Å². The molecule has 2 fully saturated rings. The van der Waals surface area contributed by atoms with Gasteiger partial charge in [0.15, 0.2) is 0 Å². The highest BCUT2D eigenvalue weighted by molar-refractivity contribution is 5.67. The van der Waals surface area contributed by atoms with E-state index >= 15 is 0 Å².